The van der Waals surface area contributed by atoms with Crippen molar-refractivity contribution in [3.05, 3.63) is 54.1 Å². The molecule has 3 N–H and O–H groups in total. The van der Waals surface area contributed by atoms with E-state index >= 15 is 0 Å². The molecule has 0 aromatic carbocycles. The number of aromatic nitrogens is 4. The lowest BCUT2D eigenvalue weighted by atomic mass is 10.1. The minimum Gasteiger partial charge on any atom is -0.476 e. The van der Waals surface area contributed by atoms with Gasteiger partial charge in [0.05, 0.1) is 11.4 Å². The van der Waals surface area contributed by atoms with Gasteiger partial charge in [0.25, 0.3) is 5.91 Å². The second-order valence-electron chi connectivity index (χ2n) is 6.99. The highest BCUT2D eigenvalue weighted by atomic mass is 16.4. The average Bonchev–Trinajstić information content (AvgIpc) is 3.48. The van der Waals surface area contributed by atoms with Crippen LogP contribution in [0.3, 0.4) is 0 Å². The standard InChI is InChI=1S/C20H20N6O3/c1-26-11-16(18(25-26)20(28)29)24-19(27)15-4-2-3-14(23-15)13-7-8-21-17(9-13)22-10-12-5-6-12/h2-4,7-9,11-12H,5-6,10H2,1H3,(H,21,22)(H,24,27)(H,28,29). The molecule has 29 heavy (non-hydrogen) atoms. The van der Waals surface area contributed by atoms with Crippen molar-refractivity contribution in [1.29, 1.82) is 0 Å². The zero-order chi connectivity index (χ0) is 20.4. The third kappa shape index (κ3) is 4.40. The summed E-state index contributed by atoms with van der Waals surface area (Å²) < 4.78 is 1.33. The van der Waals surface area contributed by atoms with Gasteiger partial charge in [-0.2, -0.15) is 5.10 Å². The largest absolute Gasteiger partial charge is 0.476 e. The number of amides is 1. The summed E-state index contributed by atoms with van der Waals surface area (Å²) in [6.45, 7) is 0.906. The Bertz CT molecular complexity index is 1070. The van der Waals surface area contributed by atoms with E-state index in [1.807, 2.05) is 18.2 Å². The highest BCUT2D eigenvalue weighted by molar-refractivity contribution is 6.06. The number of hydrogen-bond acceptors (Lipinski definition) is 6. The van der Waals surface area contributed by atoms with E-state index in [-0.39, 0.29) is 17.1 Å². The Morgan fingerprint density at radius 3 is 2.86 bits per heavy atom. The SMILES string of the molecule is Cn1cc(NC(=O)c2cccc(-c3ccnc(NCC4CC4)c3)n2)c(C(=O)O)n1. The molecule has 3 aromatic heterocycles. The van der Waals surface area contributed by atoms with Crippen molar-refractivity contribution in [3.63, 3.8) is 0 Å². The minimum absolute atomic E-state index is 0.118. The topological polar surface area (TPSA) is 122 Å². The van der Waals surface area contributed by atoms with Gasteiger partial charge in [-0.1, -0.05) is 6.07 Å². The van der Waals surface area contributed by atoms with Crippen molar-refractivity contribution in [2.45, 2.75) is 12.8 Å². The fourth-order valence-electron chi connectivity index (χ4n) is 2.90. The second kappa shape index (κ2) is 7.70. The summed E-state index contributed by atoms with van der Waals surface area (Å²) >= 11 is 0. The number of carboxylic acids is 1. The van der Waals surface area contributed by atoms with Crippen molar-refractivity contribution < 1.29 is 14.7 Å². The molecule has 0 saturated heterocycles. The third-order valence-electron chi connectivity index (χ3n) is 4.59. The average molecular weight is 392 g/mol. The fraction of sp³-hybridized carbons (Fsp3) is 0.250. The van der Waals surface area contributed by atoms with Crippen molar-refractivity contribution >= 4 is 23.4 Å². The van der Waals surface area contributed by atoms with E-state index in [1.165, 1.54) is 23.7 Å². The molecule has 0 unspecified atom stereocenters. The number of nitrogens with zero attached hydrogens (tertiary/aromatic N) is 4. The summed E-state index contributed by atoms with van der Waals surface area (Å²) in [6.07, 6.45) is 5.65. The van der Waals surface area contributed by atoms with E-state index in [2.05, 4.69) is 25.7 Å². The maximum Gasteiger partial charge on any atom is 0.358 e. The fourth-order valence-corrected chi connectivity index (χ4v) is 2.90. The number of rotatable bonds is 7. The summed E-state index contributed by atoms with van der Waals surface area (Å²) in [5.74, 6) is -0.226. The van der Waals surface area contributed by atoms with Gasteiger partial charge in [-0.3, -0.25) is 9.48 Å². The normalized spacial score (nSPS) is 13.1. The molecule has 1 fully saturated rings. The van der Waals surface area contributed by atoms with E-state index < -0.39 is 11.9 Å². The van der Waals surface area contributed by atoms with Crippen LogP contribution in [0.4, 0.5) is 11.5 Å². The van der Waals surface area contributed by atoms with Crippen molar-refractivity contribution in [2.75, 3.05) is 17.2 Å². The van der Waals surface area contributed by atoms with Crippen LogP contribution in [0.25, 0.3) is 11.3 Å². The molecule has 1 aliphatic rings. The highest BCUT2D eigenvalue weighted by Gasteiger charge is 2.21. The van der Waals surface area contributed by atoms with Crippen LogP contribution in [-0.4, -0.2) is 43.3 Å². The van der Waals surface area contributed by atoms with Crippen LogP contribution >= 0.6 is 0 Å². The number of carbonyl (C=O) groups excluding carboxylic acids is 1. The molecule has 1 aliphatic carbocycles. The first-order chi connectivity index (χ1) is 14.0. The third-order valence-corrected chi connectivity index (χ3v) is 4.59. The number of anilines is 2. The zero-order valence-electron chi connectivity index (χ0n) is 15.8. The lowest BCUT2D eigenvalue weighted by Gasteiger charge is -2.08. The second-order valence-corrected chi connectivity index (χ2v) is 6.99. The summed E-state index contributed by atoms with van der Waals surface area (Å²) in [6, 6.07) is 8.84. The van der Waals surface area contributed by atoms with Crippen LogP contribution in [-0.2, 0) is 7.05 Å². The van der Waals surface area contributed by atoms with Crippen molar-refractivity contribution in [2.24, 2.45) is 13.0 Å². The Kier molecular flexibility index (Phi) is 4.94. The number of hydrogen-bond donors (Lipinski definition) is 3. The minimum atomic E-state index is -1.22. The predicted octanol–water partition coefficient (Wildman–Crippen LogP) is 2.65. The van der Waals surface area contributed by atoms with Gasteiger partial charge in [-0.15, -0.1) is 0 Å². The van der Waals surface area contributed by atoms with Gasteiger partial charge in [-0.25, -0.2) is 14.8 Å². The van der Waals surface area contributed by atoms with Gasteiger partial charge in [0, 0.05) is 31.5 Å². The van der Waals surface area contributed by atoms with Crippen LogP contribution in [0.15, 0.2) is 42.7 Å². The van der Waals surface area contributed by atoms with Crippen LogP contribution in [0, 0.1) is 5.92 Å². The Hall–Kier alpha value is -3.75. The Morgan fingerprint density at radius 2 is 2.10 bits per heavy atom. The number of aromatic carboxylic acids is 1. The monoisotopic (exact) mass is 392 g/mol. The van der Waals surface area contributed by atoms with E-state index in [0.29, 0.717) is 5.69 Å². The molecular formula is C20H20N6O3. The van der Waals surface area contributed by atoms with E-state index in [9.17, 15) is 14.7 Å². The van der Waals surface area contributed by atoms with Crippen LogP contribution in [0.5, 0.6) is 0 Å². The van der Waals surface area contributed by atoms with Crippen LogP contribution in [0.1, 0.15) is 33.8 Å². The molecule has 3 heterocycles. The number of pyridine rings is 2. The molecule has 1 amide bonds. The molecule has 0 radical (unpaired) electrons. The number of aryl methyl sites for hydroxylation is 1. The van der Waals surface area contributed by atoms with Crippen LogP contribution < -0.4 is 10.6 Å². The summed E-state index contributed by atoms with van der Waals surface area (Å²) in [5, 5.41) is 18.9. The van der Waals surface area contributed by atoms with Crippen molar-refractivity contribution in [1.82, 2.24) is 19.7 Å². The first-order valence-electron chi connectivity index (χ1n) is 9.25. The highest BCUT2D eigenvalue weighted by Crippen LogP contribution is 2.29. The van der Waals surface area contributed by atoms with E-state index in [0.717, 1.165) is 23.8 Å². The Morgan fingerprint density at radius 1 is 1.28 bits per heavy atom. The molecule has 9 heteroatoms. The predicted molar refractivity (Wildman–Crippen MR) is 107 cm³/mol. The zero-order valence-corrected chi connectivity index (χ0v) is 15.8. The molecule has 1 saturated carbocycles. The van der Waals surface area contributed by atoms with Gasteiger partial charge in [-0.05, 0) is 43.0 Å². The first-order valence-corrected chi connectivity index (χ1v) is 9.25. The molecule has 0 aliphatic heterocycles. The molecule has 148 valence electrons. The van der Waals surface area contributed by atoms with E-state index in [1.54, 1.807) is 25.4 Å². The first kappa shape index (κ1) is 18.6. The maximum absolute atomic E-state index is 12.6. The van der Waals surface area contributed by atoms with Gasteiger partial charge in [0.1, 0.15) is 11.5 Å². The number of carbonyl (C=O) groups is 2. The Labute approximate surface area is 166 Å². The van der Waals surface area contributed by atoms with Crippen LogP contribution in [0.2, 0.25) is 0 Å². The van der Waals surface area contributed by atoms with Gasteiger partial charge in [0.15, 0.2) is 5.69 Å². The quantitative estimate of drug-likeness (QED) is 0.565. The maximum atomic E-state index is 12.6. The van der Waals surface area contributed by atoms with E-state index in [4.69, 9.17) is 0 Å². The Balaban J connectivity index is 1.53. The van der Waals surface area contributed by atoms with Gasteiger partial charge in [0.2, 0.25) is 0 Å². The molecule has 3 aromatic rings. The molecule has 0 spiro atoms. The lowest BCUT2D eigenvalue weighted by molar-refractivity contribution is 0.0690. The smallest absolute Gasteiger partial charge is 0.358 e. The molecular weight excluding hydrogens is 372 g/mol. The molecule has 0 atom stereocenters. The van der Waals surface area contributed by atoms with Gasteiger partial charge >= 0.3 is 5.97 Å². The molecule has 0 bridgehead atoms. The van der Waals surface area contributed by atoms with Crippen molar-refractivity contribution in [3.8, 4) is 11.3 Å². The molecule has 9 nitrogen and oxygen atoms in total. The molecule has 4 rings (SSSR count). The number of nitrogens with one attached hydrogen (secondary N) is 2. The lowest BCUT2D eigenvalue weighted by Crippen LogP contribution is -2.15. The summed E-state index contributed by atoms with van der Waals surface area (Å²) in [7, 11) is 1.58. The number of carboxylic acid groups (broad SMARTS) is 1. The summed E-state index contributed by atoms with van der Waals surface area (Å²) in [4.78, 5) is 32.6. The van der Waals surface area contributed by atoms with Gasteiger partial charge < -0.3 is 15.7 Å². The summed E-state index contributed by atoms with van der Waals surface area (Å²) in [5.41, 5.74) is 1.52.